The van der Waals surface area contributed by atoms with E-state index < -0.39 is 0 Å². The number of hydrogen-bond acceptors (Lipinski definition) is 2. The zero-order valence-corrected chi connectivity index (χ0v) is 16.7. The summed E-state index contributed by atoms with van der Waals surface area (Å²) in [5.41, 5.74) is 3.75. The number of aryl methyl sites for hydroxylation is 1. The molecule has 0 unspecified atom stereocenters. The molecule has 144 valence electrons. The van der Waals surface area contributed by atoms with E-state index in [1.54, 1.807) is 10.8 Å². The molecule has 2 aromatic carbocycles. The van der Waals surface area contributed by atoms with Gasteiger partial charge in [-0.15, -0.1) is 0 Å². The van der Waals surface area contributed by atoms with Gasteiger partial charge in [0, 0.05) is 35.6 Å². The van der Waals surface area contributed by atoms with Crippen LogP contribution < -0.4 is 5.56 Å². The lowest BCUT2D eigenvalue weighted by Crippen LogP contribution is -2.23. The minimum absolute atomic E-state index is 0.207. The fraction of sp³-hybridized carbons (Fsp3) is 0.200. The highest BCUT2D eigenvalue weighted by Crippen LogP contribution is 2.28. The van der Waals surface area contributed by atoms with Crippen molar-refractivity contribution in [3.05, 3.63) is 89.0 Å². The average Bonchev–Trinajstić information content (AvgIpc) is 3.16. The van der Waals surface area contributed by atoms with Crippen LogP contribution in [0.2, 0.25) is 0 Å². The summed E-state index contributed by atoms with van der Waals surface area (Å²) in [7, 11) is 0. The van der Waals surface area contributed by atoms with Crippen molar-refractivity contribution < 1.29 is 0 Å². The number of rotatable bonds is 5. The molecular formula is C25H23N3O. The summed E-state index contributed by atoms with van der Waals surface area (Å²) in [5.74, 6) is 0.503. The third-order valence-electron chi connectivity index (χ3n) is 5.26. The summed E-state index contributed by atoms with van der Waals surface area (Å²) in [6.45, 7) is 4.88. The molecule has 0 bridgehead atoms. The smallest absolute Gasteiger partial charge is 0.269 e. The highest BCUT2D eigenvalue weighted by molar-refractivity contribution is 5.87. The van der Waals surface area contributed by atoms with E-state index >= 15 is 0 Å². The zero-order chi connectivity index (χ0) is 20.4. The molecule has 0 fully saturated rings. The second-order valence-electron chi connectivity index (χ2n) is 7.69. The maximum Gasteiger partial charge on any atom is 0.269 e. The van der Waals surface area contributed by atoms with Crippen LogP contribution in [0.15, 0.2) is 77.9 Å². The summed E-state index contributed by atoms with van der Waals surface area (Å²) in [5, 5.41) is 10.7. The van der Waals surface area contributed by atoms with Crippen molar-refractivity contribution in [2.24, 2.45) is 5.92 Å². The van der Waals surface area contributed by atoms with Crippen molar-refractivity contribution in [3.63, 3.8) is 0 Å². The molecule has 0 saturated carbocycles. The topological polar surface area (TPSA) is 50.7 Å². The van der Waals surface area contributed by atoms with Crippen LogP contribution >= 0.6 is 0 Å². The first-order chi connectivity index (χ1) is 14.1. The van der Waals surface area contributed by atoms with Crippen molar-refractivity contribution in [1.82, 2.24) is 9.13 Å². The Kier molecular flexibility index (Phi) is 5.05. The van der Waals surface area contributed by atoms with E-state index in [4.69, 9.17) is 0 Å². The molecule has 4 rings (SSSR count). The third kappa shape index (κ3) is 3.60. The van der Waals surface area contributed by atoms with Gasteiger partial charge in [-0.05, 0) is 54.3 Å². The highest BCUT2D eigenvalue weighted by Gasteiger charge is 2.13. The summed E-state index contributed by atoms with van der Waals surface area (Å²) in [4.78, 5) is 12.8. The van der Waals surface area contributed by atoms with Crippen LogP contribution in [0.5, 0.6) is 0 Å². The van der Waals surface area contributed by atoms with E-state index in [-0.39, 0.29) is 11.1 Å². The molecule has 0 aliphatic rings. The van der Waals surface area contributed by atoms with Gasteiger partial charge in [-0.3, -0.25) is 4.79 Å². The Morgan fingerprint density at radius 3 is 2.52 bits per heavy atom. The Hall–Kier alpha value is -3.58. The summed E-state index contributed by atoms with van der Waals surface area (Å²) in [6.07, 6.45) is 4.75. The van der Waals surface area contributed by atoms with Gasteiger partial charge in [0.05, 0.1) is 5.52 Å². The fourth-order valence-corrected chi connectivity index (χ4v) is 3.62. The predicted octanol–water partition coefficient (Wildman–Crippen LogP) is 5.38. The predicted molar refractivity (Wildman–Crippen MR) is 117 cm³/mol. The molecule has 4 heteroatoms. The van der Waals surface area contributed by atoms with E-state index in [2.05, 4.69) is 42.7 Å². The first kappa shape index (κ1) is 18.8. The lowest BCUT2D eigenvalue weighted by atomic mass is 10.0. The molecule has 0 aliphatic heterocycles. The van der Waals surface area contributed by atoms with Gasteiger partial charge in [-0.1, -0.05) is 38.1 Å². The Bertz CT molecular complexity index is 1260. The van der Waals surface area contributed by atoms with E-state index in [9.17, 15) is 10.1 Å². The van der Waals surface area contributed by atoms with Crippen LogP contribution in [-0.2, 0) is 6.54 Å². The van der Waals surface area contributed by atoms with Gasteiger partial charge in [-0.2, -0.15) is 5.26 Å². The van der Waals surface area contributed by atoms with Gasteiger partial charge < -0.3 is 9.13 Å². The van der Waals surface area contributed by atoms with Crippen LogP contribution in [0.4, 0.5) is 0 Å². The van der Waals surface area contributed by atoms with Gasteiger partial charge in [0.2, 0.25) is 0 Å². The normalized spacial score (nSPS) is 11.1. The maximum atomic E-state index is 12.8. The Morgan fingerprint density at radius 1 is 1.00 bits per heavy atom. The first-order valence-electron chi connectivity index (χ1n) is 9.89. The fourth-order valence-electron chi connectivity index (χ4n) is 3.62. The Morgan fingerprint density at radius 2 is 1.79 bits per heavy atom. The molecule has 0 saturated heterocycles. The van der Waals surface area contributed by atoms with Crippen molar-refractivity contribution in [1.29, 1.82) is 5.26 Å². The lowest BCUT2D eigenvalue weighted by Gasteiger charge is -2.11. The second-order valence-corrected chi connectivity index (χ2v) is 7.69. The second kappa shape index (κ2) is 7.81. The monoisotopic (exact) mass is 381 g/mol. The van der Waals surface area contributed by atoms with Crippen molar-refractivity contribution in [3.8, 4) is 22.9 Å². The molecule has 0 radical (unpaired) electrons. The SMILES string of the molecule is CC(C)CCn1ccc(-c2ccc3c(ccn3-c3ccccc3)c2)c(C#N)c1=O. The highest BCUT2D eigenvalue weighted by atomic mass is 16.1. The van der Waals surface area contributed by atoms with Crippen molar-refractivity contribution in [2.75, 3.05) is 0 Å². The lowest BCUT2D eigenvalue weighted by molar-refractivity contribution is 0.507. The van der Waals surface area contributed by atoms with Crippen LogP contribution in [0, 0.1) is 17.2 Å². The van der Waals surface area contributed by atoms with Gasteiger partial charge in [0.15, 0.2) is 0 Å². The Labute approximate surface area is 170 Å². The quantitative estimate of drug-likeness (QED) is 0.466. The van der Waals surface area contributed by atoms with E-state index in [0.29, 0.717) is 18.0 Å². The maximum absolute atomic E-state index is 12.8. The number of aromatic nitrogens is 2. The van der Waals surface area contributed by atoms with E-state index in [0.717, 1.165) is 28.6 Å². The van der Waals surface area contributed by atoms with E-state index in [1.165, 1.54) is 0 Å². The van der Waals surface area contributed by atoms with Crippen molar-refractivity contribution >= 4 is 10.9 Å². The van der Waals surface area contributed by atoms with Crippen molar-refractivity contribution in [2.45, 2.75) is 26.8 Å². The van der Waals surface area contributed by atoms with Crippen LogP contribution in [-0.4, -0.2) is 9.13 Å². The molecule has 0 aliphatic carbocycles. The number of fused-ring (bicyclic) bond motifs is 1. The Balaban J connectivity index is 1.76. The largest absolute Gasteiger partial charge is 0.317 e. The third-order valence-corrected chi connectivity index (χ3v) is 5.26. The number of pyridine rings is 1. The summed E-state index contributed by atoms with van der Waals surface area (Å²) >= 11 is 0. The van der Waals surface area contributed by atoms with Gasteiger partial charge in [-0.25, -0.2) is 0 Å². The number of nitriles is 1. The molecular weight excluding hydrogens is 358 g/mol. The molecule has 2 aromatic heterocycles. The molecule has 0 amide bonds. The minimum atomic E-state index is -0.215. The number of para-hydroxylation sites is 1. The van der Waals surface area contributed by atoms with Gasteiger partial charge in [0.1, 0.15) is 11.6 Å². The minimum Gasteiger partial charge on any atom is -0.317 e. The number of nitrogens with zero attached hydrogens (tertiary/aromatic N) is 3. The number of benzene rings is 2. The average molecular weight is 381 g/mol. The summed E-state index contributed by atoms with van der Waals surface area (Å²) < 4.78 is 3.78. The molecule has 4 nitrogen and oxygen atoms in total. The molecule has 2 heterocycles. The van der Waals surface area contributed by atoms with Gasteiger partial charge in [0.25, 0.3) is 5.56 Å². The molecule has 4 aromatic rings. The summed E-state index contributed by atoms with van der Waals surface area (Å²) in [6, 6.07) is 22.3. The van der Waals surface area contributed by atoms with Crippen LogP contribution in [0.3, 0.4) is 0 Å². The standard InChI is InChI=1S/C25H23N3O/c1-18(2)10-13-27-14-12-22(23(17-26)25(27)29)19-8-9-24-20(16-19)11-15-28(24)21-6-4-3-5-7-21/h3-9,11-12,14-16,18H,10,13H2,1-2H3. The first-order valence-corrected chi connectivity index (χ1v) is 9.89. The molecule has 0 atom stereocenters. The van der Waals surface area contributed by atoms with E-state index in [1.807, 2.05) is 48.7 Å². The van der Waals surface area contributed by atoms with Gasteiger partial charge >= 0.3 is 0 Å². The number of hydrogen-bond donors (Lipinski definition) is 0. The van der Waals surface area contributed by atoms with Crippen LogP contribution in [0.1, 0.15) is 25.8 Å². The molecule has 0 N–H and O–H groups in total. The molecule has 29 heavy (non-hydrogen) atoms. The molecule has 0 spiro atoms. The zero-order valence-electron chi connectivity index (χ0n) is 16.7. The van der Waals surface area contributed by atoms with Crippen LogP contribution in [0.25, 0.3) is 27.7 Å².